The molecular weight excluding hydrogens is 354 g/mol. The van der Waals surface area contributed by atoms with Crippen LogP contribution in [0.3, 0.4) is 0 Å². The summed E-state index contributed by atoms with van der Waals surface area (Å²) in [4.78, 5) is 23.3. The van der Waals surface area contributed by atoms with E-state index in [0.29, 0.717) is 11.3 Å². The molecule has 0 aromatic heterocycles. The third-order valence-corrected chi connectivity index (χ3v) is 5.05. The third-order valence-electron chi connectivity index (χ3n) is 5.05. The van der Waals surface area contributed by atoms with Crippen LogP contribution in [0.2, 0.25) is 0 Å². The van der Waals surface area contributed by atoms with Crippen molar-refractivity contribution in [3.63, 3.8) is 0 Å². The fourth-order valence-electron chi connectivity index (χ4n) is 3.68. The van der Waals surface area contributed by atoms with Crippen LogP contribution in [-0.2, 0) is 4.74 Å². The van der Waals surface area contributed by atoms with E-state index < -0.39 is 12.1 Å². The van der Waals surface area contributed by atoms with Gasteiger partial charge in [-0.25, -0.2) is 9.59 Å². The molecule has 0 fully saturated rings. The van der Waals surface area contributed by atoms with Crippen LogP contribution in [0.4, 0.5) is 10.5 Å². The van der Waals surface area contributed by atoms with E-state index in [1.807, 2.05) is 24.3 Å². The lowest BCUT2D eigenvalue weighted by molar-refractivity contribution is 0.0696. The predicted molar refractivity (Wildman–Crippen MR) is 107 cm³/mol. The van der Waals surface area contributed by atoms with Gasteiger partial charge in [-0.05, 0) is 52.9 Å². The Morgan fingerprint density at radius 3 is 2.14 bits per heavy atom. The minimum Gasteiger partial charge on any atom is -0.478 e. The first kappa shape index (κ1) is 17.8. The summed E-state index contributed by atoms with van der Waals surface area (Å²) in [6.07, 6.45) is -0.562. The van der Waals surface area contributed by atoms with Crippen LogP contribution in [0.25, 0.3) is 11.1 Å². The number of nitrogens with one attached hydrogen (secondary N) is 1. The number of aromatic carboxylic acids is 1. The van der Waals surface area contributed by atoms with Gasteiger partial charge in [0.2, 0.25) is 0 Å². The molecule has 2 N–H and O–H groups in total. The van der Waals surface area contributed by atoms with Gasteiger partial charge in [0.15, 0.2) is 0 Å². The van der Waals surface area contributed by atoms with E-state index in [2.05, 4.69) is 29.6 Å². The quantitative estimate of drug-likeness (QED) is 0.671. The standard InChI is InChI=1S/C23H19NO4/c1-14-12-15(22(25)26)10-11-21(14)24-23(27)28-13-20-18-8-4-2-6-16(18)17-7-3-5-9-19(17)20/h2-12,20H,13H2,1H3,(H,24,27)(H,25,26). The number of hydrogen-bond acceptors (Lipinski definition) is 3. The van der Waals surface area contributed by atoms with Crippen LogP contribution < -0.4 is 5.32 Å². The van der Waals surface area contributed by atoms with E-state index in [-0.39, 0.29) is 18.1 Å². The van der Waals surface area contributed by atoms with Crippen LogP contribution in [0, 0.1) is 6.92 Å². The minimum absolute atomic E-state index is 0.00590. The van der Waals surface area contributed by atoms with Gasteiger partial charge in [-0.3, -0.25) is 5.32 Å². The van der Waals surface area contributed by atoms with E-state index in [1.165, 1.54) is 23.3 Å². The smallest absolute Gasteiger partial charge is 0.411 e. The average molecular weight is 373 g/mol. The second-order valence-electron chi connectivity index (χ2n) is 6.79. The molecule has 4 rings (SSSR count). The number of fused-ring (bicyclic) bond motifs is 3. The molecule has 0 radical (unpaired) electrons. The zero-order chi connectivity index (χ0) is 19.7. The number of amides is 1. The topological polar surface area (TPSA) is 75.6 Å². The Balaban J connectivity index is 1.48. The van der Waals surface area contributed by atoms with E-state index in [0.717, 1.165) is 11.1 Å². The fraction of sp³-hybridized carbons (Fsp3) is 0.130. The largest absolute Gasteiger partial charge is 0.478 e. The first-order valence-corrected chi connectivity index (χ1v) is 9.00. The number of rotatable bonds is 4. The van der Waals surface area contributed by atoms with Crippen LogP contribution in [0.1, 0.15) is 33.0 Å². The molecule has 140 valence electrons. The molecule has 28 heavy (non-hydrogen) atoms. The molecule has 3 aromatic rings. The first-order valence-electron chi connectivity index (χ1n) is 9.00. The van der Waals surface area contributed by atoms with Crippen molar-refractivity contribution >= 4 is 17.7 Å². The van der Waals surface area contributed by atoms with Gasteiger partial charge in [-0.15, -0.1) is 0 Å². The minimum atomic E-state index is -1.00. The highest BCUT2D eigenvalue weighted by Crippen LogP contribution is 2.44. The Morgan fingerprint density at radius 2 is 1.57 bits per heavy atom. The zero-order valence-electron chi connectivity index (χ0n) is 15.3. The van der Waals surface area contributed by atoms with E-state index in [1.54, 1.807) is 13.0 Å². The Hall–Kier alpha value is -3.60. The van der Waals surface area contributed by atoms with E-state index >= 15 is 0 Å². The predicted octanol–water partition coefficient (Wildman–Crippen LogP) is 5.05. The Bertz CT molecular complexity index is 1030. The number of ether oxygens (including phenoxy) is 1. The number of aryl methyl sites for hydroxylation is 1. The van der Waals surface area contributed by atoms with Crippen molar-refractivity contribution in [2.24, 2.45) is 0 Å². The zero-order valence-corrected chi connectivity index (χ0v) is 15.3. The second kappa shape index (κ2) is 7.19. The molecule has 1 aliphatic carbocycles. The molecule has 0 heterocycles. The van der Waals surface area contributed by atoms with Crippen LogP contribution >= 0.6 is 0 Å². The molecule has 5 heteroatoms. The molecule has 0 unspecified atom stereocenters. The van der Waals surface area contributed by atoms with Gasteiger partial charge in [0, 0.05) is 11.6 Å². The maximum Gasteiger partial charge on any atom is 0.411 e. The van der Waals surface area contributed by atoms with E-state index in [4.69, 9.17) is 9.84 Å². The fourth-order valence-corrected chi connectivity index (χ4v) is 3.68. The summed E-state index contributed by atoms with van der Waals surface area (Å²) in [5.41, 5.74) is 6.02. The first-order chi connectivity index (χ1) is 13.5. The van der Waals surface area contributed by atoms with Gasteiger partial charge in [0.05, 0.1) is 5.56 Å². The van der Waals surface area contributed by atoms with Crippen molar-refractivity contribution in [1.82, 2.24) is 0 Å². The van der Waals surface area contributed by atoms with Crippen molar-refractivity contribution in [2.75, 3.05) is 11.9 Å². The highest BCUT2D eigenvalue weighted by atomic mass is 16.5. The van der Waals surface area contributed by atoms with Gasteiger partial charge in [-0.2, -0.15) is 0 Å². The van der Waals surface area contributed by atoms with Gasteiger partial charge in [0.25, 0.3) is 0 Å². The van der Waals surface area contributed by atoms with Gasteiger partial charge >= 0.3 is 12.1 Å². The van der Waals surface area contributed by atoms with Gasteiger partial charge in [0.1, 0.15) is 6.61 Å². The summed E-state index contributed by atoms with van der Waals surface area (Å²) in [5, 5.41) is 11.7. The van der Waals surface area contributed by atoms with Crippen LogP contribution in [-0.4, -0.2) is 23.8 Å². The Morgan fingerprint density at radius 1 is 0.964 bits per heavy atom. The molecule has 1 amide bonds. The Kier molecular flexibility index (Phi) is 4.57. The molecule has 0 atom stereocenters. The molecule has 0 spiro atoms. The van der Waals surface area contributed by atoms with Crippen LogP contribution in [0.5, 0.6) is 0 Å². The molecule has 3 aromatic carbocycles. The number of hydrogen-bond donors (Lipinski definition) is 2. The number of carbonyl (C=O) groups is 2. The molecule has 1 aliphatic rings. The van der Waals surface area contributed by atoms with Crippen molar-refractivity contribution < 1.29 is 19.4 Å². The lowest BCUT2D eigenvalue weighted by Crippen LogP contribution is -2.18. The monoisotopic (exact) mass is 373 g/mol. The van der Waals surface area contributed by atoms with Crippen molar-refractivity contribution in [2.45, 2.75) is 12.8 Å². The molecular formula is C23H19NO4. The molecule has 0 bridgehead atoms. The summed E-state index contributed by atoms with van der Waals surface area (Å²) in [7, 11) is 0. The van der Waals surface area contributed by atoms with Crippen molar-refractivity contribution in [3.05, 3.63) is 89.0 Å². The number of carboxylic acid groups (broad SMARTS) is 1. The maximum absolute atomic E-state index is 12.3. The summed E-state index contributed by atoms with van der Waals surface area (Å²) >= 11 is 0. The third kappa shape index (κ3) is 3.22. The highest BCUT2D eigenvalue weighted by Gasteiger charge is 2.29. The SMILES string of the molecule is Cc1cc(C(=O)O)ccc1NC(=O)OCC1c2ccccc2-c2ccccc21. The van der Waals surface area contributed by atoms with E-state index in [9.17, 15) is 9.59 Å². The number of carbonyl (C=O) groups excluding carboxylic acids is 1. The lowest BCUT2D eigenvalue weighted by atomic mass is 9.98. The Labute approximate surface area is 162 Å². The number of anilines is 1. The molecule has 5 nitrogen and oxygen atoms in total. The summed E-state index contributed by atoms with van der Waals surface area (Å²) in [6, 6.07) is 20.8. The maximum atomic E-state index is 12.3. The van der Waals surface area contributed by atoms with Crippen LogP contribution in [0.15, 0.2) is 66.7 Å². The summed E-state index contributed by atoms with van der Waals surface area (Å²) in [5.74, 6) is -1.01. The lowest BCUT2D eigenvalue weighted by Gasteiger charge is -2.15. The highest BCUT2D eigenvalue weighted by molar-refractivity contribution is 5.91. The van der Waals surface area contributed by atoms with Gasteiger partial charge < -0.3 is 9.84 Å². The summed E-state index contributed by atoms with van der Waals surface area (Å²) in [6.45, 7) is 1.97. The average Bonchev–Trinajstić information content (AvgIpc) is 3.02. The molecule has 0 saturated heterocycles. The molecule has 0 aliphatic heterocycles. The van der Waals surface area contributed by atoms with Gasteiger partial charge in [-0.1, -0.05) is 48.5 Å². The second-order valence-corrected chi connectivity index (χ2v) is 6.79. The van der Waals surface area contributed by atoms with Crippen molar-refractivity contribution in [3.8, 4) is 11.1 Å². The molecule has 0 saturated carbocycles. The normalized spacial score (nSPS) is 12.2. The van der Waals surface area contributed by atoms with Crippen molar-refractivity contribution in [1.29, 1.82) is 0 Å². The number of benzene rings is 3. The number of carboxylic acids is 1. The summed E-state index contributed by atoms with van der Waals surface area (Å²) < 4.78 is 5.51.